The molecule has 34 heavy (non-hydrogen) atoms. The quantitative estimate of drug-likeness (QED) is 0.614. The number of aromatic nitrogens is 1. The Morgan fingerprint density at radius 1 is 1.15 bits per heavy atom. The van der Waals surface area contributed by atoms with Crippen LogP contribution in [-0.2, 0) is 19.6 Å². The molecule has 0 radical (unpaired) electrons. The van der Waals surface area contributed by atoms with Gasteiger partial charge in [-0.15, -0.1) is 0 Å². The van der Waals surface area contributed by atoms with Crippen molar-refractivity contribution in [1.29, 1.82) is 0 Å². The Hall–Kier alpha value is -2.52. The van der Waals surface area contributed by atoms with Gasteiger partial charge in [0.15, 0.2) is 10.6 Å². The molecule has 2 aromatic rings. The van der Waals surface area contributed by atoms with Crippen molar-refractivity contribution in [1.82, 2.24) is 9.71 Å². The summed E-state index contributed by atoms with van der Waals surface area (Å²) >= 11 is 0. The first kappa shape index (κ1) is 23.2. The number of halogens is 1. The number of hydrogen-bond donors (Lipinski definition) is 1. The lowest BCUT2D eigenvalue weighted by atomic mass is 9.84. The van der Waals surface area contributed by atoms with Crippen LogP contribution >= 0.6 is 0 Å². The van der Waals surface area contributed by atoms with Gasteiger partial charge in [-0.25, -0.2) is 9.71 Å². The summed E-state index contributed by atoms with van der Waals surface area (Å²) in [6.07, 6.45) is 7.45. The monoisotopic (exact) mass is 488 g/mol. The number of nitrogens with one attached hydrogen (secondary N) is 1. The van der Waals surface area contributed by atoms with E-state index in [9.17, 15) is 17.6 Å². The highest BCUT2D eigenvalue weighted by atomic mass is 32.2. The van der Waals surface area contributed by atoms with Crippen molar-refractivity contribution in [3.8, 4) is 5.75 Å². The van der Waals surface area contributed by atoms with Gasteiger partial charge in [0.2, 0.25) is 5.95 Å². The number of benzene rings is 1. The molecule has 9 heteroatoms. The van der Waals surface area contributed by atoms with E-state index < -0.39 is 32.5 Å². The number of rotatable bonds is 6. The number of nitrogens with zero attached hydrogens (tertiary/aromatic N) is 1. The van der Waals surface area contributed by atoms with Crippen LogP contribution in [0.25, 0.3) is 0 Å². The highest BCUT2D eigenvalue weighted by Gasteiger charge is 2.54. The van der Waals surface area contributed by atoms with Crippen LogP contribution in [-0.4, -0.2) is 37.1 Å². The molecule has 1 aromatic heterocycles. The Labute approximate surface area is 199 Å². The molecule has 1 saturated heterocycles. The average molecular weight is 489 g/mol. The third kappa shape index (κ3) is 4.55. The van der Waals surface area contributed by atoms with E-state index in [-0.39, 0.29) is 11.5 Å². The fraction of sp³-hybridized carbons (Fsp3) is 0.520. The molecule has 1 aromatic carbocycles. The Morgan fingerprint density at radius 2 is 1.91 bits per heavy atom. The molecule has 0 bridgehead atoms. The number of hydrogen-bond acceptors (Lipinski definition) is 6. The zero-order valence-electron chi connectivity index (χ0n) is 19.2. The van der Waals surface area contributed by atoms with Gasteiger partial charge in [0.1, 0.15) is 5.75 Å². The SMILES string of the molecule is Cc1ccc(C2CCC3(CCCC3)OC2)c(OC2(C(=O)NS(=O)(=O)c3cccc(F)n3)CC2)c1. The number of carbonyl (C=O) groups excluding carboxylic acids is 1. The summed E-state index contributed by atoms with van der Waals surface area (Å²) in [5, 5.41) is -0.548. The molecule has 1 aliphatic heterocycles. The number of aryl methyl sites for hydroxylation is 1. The van der Waals surface area contributed by atoms with Gasteiger partial charge in [-0.3, -0.25) is 4.79 Å². The van der Waals surface area contributed by atoms with Gasteiger partial charge in [0, 0.05) is 18.8 Å². The molecule has 2 saturated carbocycles. The van der Waals surface area contributed by atoms with Crippen molar-refractivity contribution in [2.75, 3.05) is 6.61 Å². The van der Waals surface area contributed by atoms with E-state index in [4.69, 9.17) is 9.47 Å². The van der Waals surface area contributed by atoms with Gasteiger partial charge in [0.25, 0.3) is 15.9 Å². The van der Waals surface area contributed by atoms with Gasteiger partial charge in [-0.05, 0) is 61.9 Å². The van der Waals surface area contributed by atoms with E-state index in [0.717, 1.165) is 48.9 Å². The van der Waals surface area contributed by atoms with Gasteiger partial charge >= 0.3 is 0 Å². The zero-order valence-corrected chi connectivity index (χ0v) is 20.0. The highest BCUT2D eigenvalue weighted by Crippen LogP contribution is 2.47. The maximum atomic E-state index is 13.4. The van der Waals surface area contributed by atoms with Crippen LogP contribution in [0.3, 0.4) is 0 Å². The lowest BCUT2D eigenvalue weighted by Crippen LogP contribution is -2.43. The summed E-state index contributed by atoms with van der Waals surface area (Å²) in [5.74, 6) is -0.965. The Bertz CT molecular complexity index is 1200. The maximum absolute atomic E-state index is 13.4. The molecule has 2 heterocycles. The van der Waals surface area contributed by atoms with Crippen molar-refractivity contribution in [2.45, 2.75) is 80.4 Å². The van der Waals surface area contributed by atoms with Crippen molar-refractivity contribution < 1.29 is 27.1 Å². The molecule has 1 spiro atoms. The third-order valence-corrected chi connectivity index (χ3v) is 8.51. The second-order valence-corrected chi connectivity index (χ2v) is 11.4. The summed E-state index contributed by atoms with van der Waals surface area (Å²) in [6.45, 7) is 2.56. The van der Waals surface area contributed by atoms with Crippen molar-refractivity contribution in [2.24, 2.45) is 0 Å². The molecule has 7 nitrogen and oxygen atoms in total. The fourth-order valence-electron chi connectivity index (χ4n) is 5.10. The van der Waals surface area contributed by atoms with E-state index in [1.807, 2.05) is 29.8 Å². The number of amides is 1. The molecule has 182 valence electrons. The van der Waals surface area contributed by atoms with Crippen molar-refractivity contribution in [3.05, 3.63) is 53.5 Å². The second kappa shape index (κ2) is 8.61. The van der Waals surface area contributed by atoms with Crippen LogP contribution in [0, 0.1) is 12.9 Å². The maximum Gasteiger partial charge on any atom is 0.281 e. The van der Waals surface area contributed by atoms with E-state index in [1.54, 1.807) is 0 Å². The highest BCUT2D eigenvalue weighted by molar-refractivity contribution is 7.90. The molecule has 2 aliphatic carbocycles. The average Bonchev–Trinajstić information content (AvgIpc) is 3.45. The molecule has 1 unspecified atom stereocenters. The first-order chi connectivity index (χ1) is 16.2. The van der Waals surface area contributed by atoms with Crippen LogP contribution in [0.15, 0.2) is 41.4 Å². The molecular formula is C25H29FN2O5S. The van der Waals surface area contributed by atoms with Crippen LogP contribution in [0.4, 0.5) is 4.39 Å². The molecule has 3 aliphatic rings. The lowest BCUT2D eigenvalue weighted by Gasteiger charge is -2.38. The Morgan fingerprint density at radius 3 is 2.56 bits per heavy atom. The van der Waals surface area contributed by atoms with Gasteiger partial charge in [0.05, 0.1) is 12.2 Å². The van der Waals surface area contributed by atoms with Crippen LogP contribution in [0.2, 0.25) is 0 Å². The molecule has 3 fully saturated rings. The smallest absolute Gasteiger partial charge is 0.281 e. The topological polar surface area (TPSA) is 94.6 Å². The number of carbonyl (C=O) groups is 1. The normalized spacial score (nSPS) is 22.9. The summed E-state index contributed by atoms with van der Waals surface area (Å²) in [7, 11) is -4.32. The predicted molar refractivity (Wildman–Crippen MR) is 122 cm³/mol. The fourth-order valence-corrected chi connectivity index (χ4v) is 6.10. The standard InChI is InChI=1S/C25H29FN2O5S/c1-17-7-8-19(18-9-12-24(32-16-18)10-2-3-11-24)20(15-17)33-25(13-14-25)23(29)28-34(30,31)22-6-4-5-21(26)27-22/h4-8,15,18H,2-3,9-14,16H2,1H3,(H,28,29). The minimum absolute atomic E-state index is 0.0269. The predicted octanol–water partition coefficient (Wildman–Crippen LogP) is 4.15. The zero-order chi connectivity index (χ0) is 24.0. The molecule has 1 N–H and O–H groups in total. The van der Waals surface area contributed by atoms with Gasteiger partial charge < -0.3 is 9.47 Å². The largest absolute Gasteiger partial charge is 0.477 e. The van der Waals surface area contributed by atoms with Crippen LogP contribution in [0.1, 0.15) is 68.4 Å². The van der Waals surface area contributed by atoms with Gasteiger partial charge in [-0.1, -0.05) is 31.0 Å². The van der Waals surface area contributed by atoms with E-state index in [1.165, 1.54) is 18.9 Å². The summed E-state index contributed by atoms with van der Waals surface area (Å²) in [4.78, 5) is 16.4. The van der Waals surface area contributed by atoms with Crippen LogP contribution < -0.4 is 9.46 Å². The molecular weight excluding hydrogens is 459 g/mol. The summed E-state index contributed by atoms with van der Waals surface area (Å²) < 4.78 is 53.2. The van der Waals surface area contributed by atoms with Crippen molar-refractivity contribution in [3.63, 3.8) is 0 Å². The minimum atomic E-state index is -4.32. The lowest BCUT2D eigenvalue weighted by molar-refractivity contribution is -0.128. The Balaban J connectivity index is 1.33. The van der Waals surface area contributed by atoms with E-state index >= 15 is 0 Å². The first-order valence-electron chi connectivity index (χ1n) is 11.8. The molecule has 1 amide bonds. The molecule has 5 rings (SSSR count). The van der Waals surface area contributed by atoms with Crippen molar-refractivity contribution >= 4 is 15.9 Å². The Kier molecular flexibility index (Phi) is 5.88. The summed E-state index contributed by atoms with van der Waals surface area (Å²) in [5.41, 5.74) is 0.715. The third-order valence-electron chi connectivity index (χ3n) is 7.28. The van der Waals surface area contributed by atoms with E-state index in [2.05, 4.69) is 4.98 Å². The second-order valence-electron chi connectivity index (χ2n) is 9.81. The molecule has 1 atom stereocenters. The first-order valence-corrected chi connectivity index (χ1v) is 13.3. The number of pyridine rings is 1. The number of sulfonamides is 1. The van der Waals surface area contributed by atoms with E-state index in [0.29, 0.717) is 25.2 Å². The van der Waals surface area contributed by atoms with Crippen LogP contribution in [0.5, 0.6) is 5.75 Å². The minimum Gasteiger partial charge on any atom is -0.477 e. The summed E-state index contributed by atoms with van der Waals surface area (Å²) in [6, 6.07) is 9.33. The number of ether oxygens (including phenoxy) is 2. The van der Waals surface area contributed by atoms with Gasteiger partial charge in [-0.2, -0.15) is 12.8 Å².